The highest BCUT2D eigenvalue weighted by Crippen LogP contribution is 2.11. The van der Waals surface area contributed by atoms with Gasteiger partial charge in [0, 0.05) is 6.54 Å². The molecule has 3 rings (SSSR count). The fourth-order valence-corrected chi connectivity index (χ4v) is 2.70. The van der Waals surface area contributed by atoms with E-state index in [1.54, 1.807) is 31.4 Å². The van der Waals surface area contributed by atoms with Crippen LogP contribution in [0.1, 0.15) is 5.56 Å². The summed E-state index contributed by atoms with van der Waals surface area (Å²) in [4.78, 5) is 36.2. The highest BCUT2D eigenvalue weighted by atomic mass is 16.5. The Bertz CT molecular complexity index is 1060. The summed E-state index contributed by atoms with van der Waals surface area (Å²) in [7, 11) is 1.60. The molecule has 9 nitrogen and oxygen atoms in total. The summed E-state index contributed by atoms with van der Waals surface area (Å²) in [6.07, 6.45) is 0.658. The molecular weight excluding hydrogens is 374 g/mol. The van der Waals surface area contributed by atoms with E-state index in [1.165, 1.54) is 0 Å². The molecule has 2 N–H and O–H groups in total. The van der Waals surface area contributed by atoms with Crippen molar-refractivity contribution in [2.24, 2.45) is 0 Å². The molecule has 0 bridgehead atoms. The number of amides is 2. The number of nitrogens with zero attached hydrogens (tertiary/aromatic N) is 3. The predicted molar refractivity (Wildman–Crippen MR) is 107 cm³/mol. The van der Waals surface area contributed by atoms with Crippen LogP contribution in [0.4, 0.5) is 0 Å². The first-order chi connectivity index (χ1) is 14.1. The van der Waals surface area contributed by atoms with Gasteiger partial charge in [-0.2, -0.15) is 0 Å². The Balaban J connectivity index is 1.43. The fourth-order valence-electron chi connectivity index (χ4n) is 2.70. The van der Waals surface area contributed by atoms with Crippen molar-refractivity contribution in [3.8, 4) is 5.75 Å². The number of nitrogens with one attached hydrogen (secondary N) is 2. The van der Waals surface area contributed by atoms with Crippen molar-refractivity contribution >= 4 is 22.7 Å². The number of methoxy groups -OCH3 is 1. The van der Waals surface area contributed by atoms with E-state index >= 15 is 0 Å². The second kappa shape index (κ2) is 9.45. The maximum Gasteiger partial charge on any atom is 0.278 e. The first kappa shape index (κ1) is 20.0. The Morgan fingerprint density at radius 1 is 1.03 bits per heavy atom. The molecule has 0 spiro atoms. The van der Waals surface area contributed by atoms with Gasteiger partial charge in [-0.3, -0.25) is 14.4 Å². The molecule has 2 aromatic carbocycles. The van der Waals surface area contributed by atoms with Crippen molar-refractivity contribution in [1.82, 2.24) is 25.6 Å². The standard InChI is InChI=1S/C20H21N5O4/c1-29-15-8-6-14(7-9-15)10-11-21-18(26)12-22-19(27)13-25-20(28)16-4-2-3-5-17(16)23-24-25/h2-9H,10-13H2,1H3,(H,21,26)(H,22,27). The normalized spacial score (nSPS) is 10.5. The summed E-state index contributed by atoms with van der Waals surface area (Å²) in [6, 6.07) is 14.3. The lowest BCUT2D eigenvalue weighted by atomic mass is 10.1. The van der Waals surface area contributed by atoms with Crippen LogP contribution in [0, 0.1) is 0 Å². The minimum Gasteiger partial charge on any atom is -0.497 e. The van der Waals surface area contributed by atoms with Crippen LogP contribution in [0.3, 0.4) is 0 Å². The van der Waals surface area contributed by atoms with Gasteiger partial charge in [0.1, 0.15) is 17.8 Å². The van der Waals surface area contributed by atoms with E-state index in [9.17, 15) is 14.4 Å². The van der Waals surface area contributed by atoms with Crippen LogP contribution in [0.2, 0.25) is 0 Å². The number of fused-ring (bicyclic) bond motifs is 1. The molecule has 0 radical (unpaired) electrons. The molecule has 0 aliphatic heterocycles. The summed E-state index contributed by atoms with van der Waals surface area (Å²) >= 11 is 0. The van der Waals surface area contributed by atoms with Crippen LogP contribution in [0.15, 0.2) is 53.3 Å². The zero-order chi connectivity index (χ0) is 20.6. The third kappa shape index (κ3) is 5.38. The maximum absolute atomic E-state index is 12.3. The molecule has 2 amide bonds. The zero-order valence-electron chi connectivity index (χ0n) is 15.9. The van der Waals surface area contributed by atoms with Crippen LogP contribution in [-0.2, 0) is 22.6 Å². The summed E-state index contributed by atoms with van der Waals surface area (Å²) in [5, 5.41) is 13.3. The van der Waals surface area contributed by atoms with Crippen molar-refractivity contribution < 1.29 is 14.3 Å². The van der Waals surface area contributed by atoms with Crippen LogP contribution < -0.4 is 20.9 Å². The molecule has 3 aromatic rings. The SMILES string of the molecule is COc1ccc(CCNC(=O)CNC(=O)Cn2nnc3ccccc3c2=O)cc1. The second-order valence-electron chi connectivity index (χ2n) is 6.29. The lowest BCUT2D eigenvalue weighted by molar-refractivity contribution is -0.126. The van der Waals surface area contributed by atoms with Gasteiger partial charge in [0.2, 0.25) is 11.8 Å². The van der Waals surface area contributed by atoms with Gasteiger partial charge in [-0.25, -0.2) is 4.68 Å². The number of carbonyl (C=O) groups is 2. The molecule has 29 heavy (non-hydrogen) atoms. The van der Waals surface area contributed by atoms with Gasteiger partial charge in [0.15, 0.2) is 0 Å². The number of rotatable bonds is 8. The molecule has 0 saturated heterocycles. The quantitative estimate of drug-likeness (QED) is 0.566. The summed E-state index contributed by atoms with van der Waals surface area (Å²) in [6.45, 7) is -0.0519. The highest BCUT2D eigenvalue weighted by molar-refractivity contribution is 5.84. The minimum atomic E-state index is -0.498. The highest BCUT2D eigenvalue weighted by Gasteiger charge is 2.10. The molecule has 1 aromatic heterocycles. The Labute approximate surface area is 166 Å². The average Bonchev–Trinajstić information content (AvgIpc) is 2.75. The van der Waals surface area contributed by atoms with Crippen LogP contribution in [0.5, 0.6) is 5.75 Å². The van der Waals surface area contributed by atoms with Gasteiger partial charge in [0.25, 0.3) is 5.56 Å². The van der Waals surface area contributed by atoms with E-state index < -0.39 is 11.5 Å². The van der Waals surface area contributed by atoms with Gasteiger partial charge in [-0.15, -0.1) is 5.10 Å². The third-order valence-electron chi connectivity index (χ3n) is 4.26. The van der Waals surface area contributed by atoms with Crippen molar-refractivity contribution in [2.75, 3.05) is 20.2 Å². The average molecular weight is 395 g/mol. The van der Waals surface area contributed by atoms with Crippen molar-refractivity contribution in [1.29, 1.82) is 0 Å². The molecule has 0 saturated carbocycles. The minimum absolute atomic E-state index is 0.183. The zero-order valence-corrected chi connectivity index (χ0v) is 15.9. The Kier molecular flexibility index (Phi) is 6.51. The lowest BCUT2D eigenvalue weighted by Gasteiger charge is -2.08. The fraction of sp³-hybridized carbons (Fsp3) is 0.250. The summed E-state index contributed by atoms with van der Waals surface area (Å²) in [5.74, 6) is -0.0403. The van der Waals surface area contributed by atoms with Gasteiger partial charge in [-0.05, 0) is 36.2 Å². The van der Waals surface area contributed by atoms with E-state index in [4.69, 9.17) is 4.74 Å². The topological polar surface area (TPSA) is 115 Å². The Morgan fingerprint density at radius 3 is 2.55 bits per heavy atom. The monoisotopic (exact) mass is 395 g/mol. The van der Waals surface area contributed by atoms with Crippen LogP contribution in [0.25, 0.3) is 10.9 Å². The van der Waals surface area contributed by atoms with Gasteiger partial charge in [0.05, 0.1) is 19.0 Å². The number of hydrogen-bond acceptors (Lipinski definition) is 6. The van der Waals surface area contributed by atoms with E-state index in [2.05, 4.69) is 20.9 Å². The largest absolute Gasteiger partial charge is 0.497 e. The lowest BCUT2D eigenvalue weighted by Crippen LogP contribution is -2.40. The van der Waals surface area contributed by atoms with Crippen molar-refractivity contribution in [2.45, 2.75) is 13.0 Å². The summed E-state index contributed by atoms with van der Waals surface area (Å²) < 4.78 is 6.07. The molecule has 0 atom stereocenters. The van der Waals surface area contributed by atoms with Gasteiger partial charge >= 0.3 is 0 Å². The molecular formula is C20H21N5O4. The number of ether oxygens (including phenoxy) is 1. The van der Waals surface area contributed by atoms with Crippen molar-refractivity contribution in [3.63, 3.8) is 0 Å². The first-order valence-corrected chi connectivity index (χ1v) is 9.05. The third-order valence-corrected chi connectivity index (χ3v) is 4.26. The second-order valence-corrected chi connectivity index (χ2v) is 6.29. The Hall–Kier alpha value is -3.75. The van der Waals surface area contributed by atoms with Crippen LogP contribution >= 0.6 is 0 Å². The van der Waals surface area contributed by atoms with Crippen LogP contribution in [-0.4, -0.2) is 47.0 Å². The number of benzene rings is 2. The van der Waals surface area contributed by atoms with E-state index in [0.29, 0.717) is 23.9 Å². The maximum atomic E-state index is 12.3. The van der Waals surface area contributed by atoms with E-state index in [-0.39, 0.29) is 19.0 Å². The van der Waals surface area contributed by atoms with Gasteiger partial charge in [-0.1, -0.05) is 29.5 Å². The number of aromatic nitrogens is 3. The smallest absolute Gasteiger partial charge is 0.278 e. The van der Waals surface area contributed by atoms with E-state index in [0.717, 1.165) is 16.0 Å². The number of carbonyl (C=O) groups excluding carboxylic acids is 2. The molecule has 0 aliphatic carbocycles. The molecule has 1 heterocycles. The predicted octanol–water partition coefficient (Wildman–Crippen LogP) is 0.275. The first-order valence-electron chi connectivity index (χ1n) is 9.05. The van der Waals surface area contributed by atoms with Gasteiger partial charge < -0.3 is 15.4 Å². The Morgan fingerprint density at radius 2 is 1.79 bits per heavy atom. The summed E-state index contributed by atoms with van der Waals surface area (Å²) in [5.41, 5.74) is 1.12. The molecule has 150 valence electrons. The van der Waals surface area contributed by atoms with E-state index in [1.807, 2.05) is 24.3 Å². The van der Waals surface area contributed by atoms with Crippen molar-refractivity contribution in [3.05, 3.63) is 64.4 Å². The molecule has 9 heteroatoms. The molecule has 0 fully saturated rings. The molecule has 0 aliphatic rings. The number of hydrogen-bond donors (Lipinski definition) is 2. The molecule has 0 unspecified atom stereocenters.